The monoisotopic (exact) mass is 425 g/mol. The first-order chi connectivity index (χ1) is 13.0. The van der Waals surface area contributed by atoms with Gasteiger partial charge in [-0.2, -0.15) is 0 Å². The quantitative estimate of drug-likeness (QED) is 0.315. The lowest BCUT2D eigenvalue weighted by Crippen LogP contribution is -2.14. The van der Waals surface area contributed by atoms with Crippen molar-refractivity contribution >= 4 is 57.1 Å². The van der Waals surface area contributed by atoms with Gasteiger partial charge in [0.25, 0.3) is 5.69 Å². The summed E-state index contributed by atoms with van der Waals surface area (Å²) in [5, 5.41) is 25.1. The number of anilines is 2. The van der Waals surface area contributed by atoms with E-state index < -0.39 is 4.92 Å². The van der Waals surface area contributed by atoms with Crippen molar-refractivity contribution in [2.75, 3.05) is 16.4 Å². The molecule has 12 heteroatoms. The zero-order valence-corrected chi connectivity index (χ0v) is 15.9. The molecule has 1 amide bonds. The number of benzene rings is 1. The highest BCUT2D eigenvalue weighted by atomic mass is 35.5. The van der Waals surface area contributed by atoms with Crippen molar-refractivity contribution in [1.82, 2.24) is 10.2 Å². The lowest BCUT2D eigenvalue weighted by atomic mass is 10.3. The van der Waals surface area contributed by atoms with Crippen LogP contribution >= 0.6 is 34.7 Å². The Morgan fingerprint density at radius 2 is 2.22 bits per heavy atom. The van der Waals surface area contributed by atoms with Crippen LogP contribution in [0.3, 0.4) is 0 Å². The second kappa shape index (κ2) is 8.84. The van der Waals surface area contributed by atoms with Crippen molar-refractivity contribution in [3.05, 3.63) is 57.5 Å². The summed E-state index contributed by atoms with van der Waals surface area (Å²) in [6, 6.07) is 7.50. The van der Waals surface area contributed by atoms with Crippen LogP contribution in [0.15, 0.2) is 45.4 Å². The van der Waals surface area contributed by atoms with Crippen LogP contribution < -0.4 is 10.6 Å². The van der Waals surface area contributed by atoms with Gasteiger partial charge in [0.05, 0.1) is 34.2 Å². The van der Waals surface area contributed by atoms with E-state index in [9.17, 15) is 14.9 Å². The third-order valence-electron chi connectivity index (χ3n) is 3.16. The average Bonchev–Trinajstić information content (AvgIpc) is 3.31. The summed E-state index contributed by atoms with van der Waals surface area (Å²) in [6.45, 7) is 0.491. The summed E-state index contributed by atoms with van der Waals surface area (Å²) in [5.41, 5.74) is 0.168. The first kappa shape index (κ1) is 19.1. The SMILES string of the molecule is O=C(CSc1nnc(NCc2ccco2)s1)Nc1ccc([N+](=O)[O-])cc1Cl. The van der Waals surface area contributed by atoms with Crippen LogP contribution in [-0.2, 0) is 11.3 Å². The third kappa shape index (κ3) is 5.42. The molecular formula is C15H12ClN5O4S2. The lowest BCUT2D eigenvalue weighted by molar-refractivity contribution is -0.384. The number of hydrogen-bond donors (Lipinski definition) is 2. The number of nitrogens with one attached hydrogen (secondary N) is 2. The van der Waals surface area contributed by atoms with E-state index in [0.29, 0.717) is 21.7 Å². The zero-order chi connectivity index (χ0) is 19.2. The fraction of sp³-hybridized carbons (Fsp3) is 0.133. The molecule has 0 saturated carbocycles. The third-order valence-corrected chi connectivity index (χ3v) is 5.49. The number of nitrogens with zero attached hydrogens (tertiary/aromatic N) is 3. The van der Waals surface area contributed by atoms with Gasteiger partial charge in [-0.25, -0.2) is 0 Å². The molecule has 0 fully saturated rings. The van der Waals surface area contributed by atoms with Gasteiger partial charge in [0.15, 0.2) is 4.34 Å². The Labute approximate surface area is 166 Å². The largest absolute Gasteiger partial charge is 0.467 e. The molecular weight excluding hydrogens is 414 g/mol. The van der Waals surface area contributed by atoms with Crippen molar-refractivity contribution in [3.63, 3.8) is 0 Å². The van der Waals surface area contributed by atoms with Gasteiger partial charge in [-0.3, -0.25) is 14.9 Å². The number of carbonyl (C=O) groups excluding carboxylic acids is 1. The summed E-state index contributed by atoms with van der Waals surface area (Å²) >= 11 is 8.50. The fourth-order valence-corrected chi connectivity index (χ4v) is 3.72. The highest BCUT2D eigenvalue weighted by molar-refractivity contribution is 8.01. The molecule has 2 heterocycles. The zero-order valence-electron chi connectivity index (χ0n) is 13.5. The number of aromatic nitrogens is 2. The number of furan rings is 1. The van der Waals surface area contributed by atoms with Crippen LogP contribution in [0, 0.1) is 10.1 Å². The van der Waals surface area contributed by atoms with Crippen molar-refractivity contribution in [1.29, 1.82) is 0 Å². The second-order valence-corrected chi connectivity index (χ2v) is 7.67. The maximum atomic E-state index is 12.0. The van der Waals surface area contributed by atoms with Gasteiger partial charge in [0, 0.05) is 12.1 Å². The molecule has 0 aliphatic heterocycles. The van der Waals surface area contributed by atoms with E-state index in [-0.39, 0.29) is 22.4 Å². The minimum atomic E-state index is -0.555. The van der Waals surface area contributed by atoms with E-state index in [1.807, 2.05) is 6.07 Å². The number of rotatable bonds is 8. The second-order valence-electron chi connectivity index (χ2n) is 5.06. The van der Waals surface area contributed by atoms with Crippen LogP contribution in [0.25, 0.3) is 0 Å². The molecule has 1 aromatic carbocycles. The molecule has 9 nitrogen and oxygen atoms in total. The van der Waals surface area contributed by atoms with Crippen LogP contribution in [-0.4, -0.2) is 26.8 Å². The van der Waals surface area contributed by atoms with Crippen molar-refractivity contribution in [3.8, 4) is 0 Å². The summed E-state index contributed by atoms with van der Waals surface area (Å²) in [7, 11) is 0. The number of nitro benzene ring substituents is 1. The minimum absolute atomic E-state index is 0.0974. The van der Waals surface area contributed by atoms with Gasteiger partial charge in [0.1, 0.15) is 5.76 Å². The molecule has 0 unspecified atom stereocenters. The molecule has 0 aliphatic carbocycles. The minimum Gasteiger partial charge on any atom is -0.467 e. The average molecular weight is 426 g/mol. The van der Waals surface area contributed by atoms with Crippen LogP contribution in [0.1, 0.15) is 5.76 Å². The highest BCUT2D eigenvalue weighted by Crippen LogP contribution is 2.28. The Balaban J connectivity index is 1.48. The number of hydrogen-bond acceptors (Lipinski definition) is 9. The molecule has 0 spiro atoms. The van der Waals surface area contributed by atoms with Gasteiger partial charge in [0.2, 0.25) is 11.0 Å². The molecule has 0 atom stereocenters. The van der Waals surface area contributed by atoms with Crippen LogP contribution in [0.5, 0.6) is 0 Å². The summed E-state index contributed by atoms with van der Waals surface area (Å²) in [4.78, 5) is 22.2. The maximum absolute atomic E-state index is 12.0. The van der Waals surface area contributed by atoms with Crippen LogP contribution in [0.2, 0.25) is 5.02 Å². The molecule has 3 rings (SSSR count). The molecule has 2 N–H and O–H groups in total. The van der Waals surface area contributed by atoms with E-state index in [4.69, 9.17) is 16.0 Å². The number of non-ortho nitro benzene ring substituents is 1. The lowest BCUT2D eigenvalue weighted by Gasteiger charge is -2.06. The molecule has 0 radical (unpaired) electrons. The number of amides is 1. The topological polar surface area (TPSA) is 123 Å². The van der Waals surface area contributed by atoms with Crippen molar-refractivity contribution in [2.24, 2.45) is 0 Å². The number of carbonyl (C=O) groups is 1. The molecule has 0 bridgehead atoms. The Hall–Kier alpha value is -2.63. The standard InChI is InChI=1S/C15H12ClN5O4S2/c16-11-6-9(21(23)24)3-4-12(11)18-13(22)8-26-15-20-19-14(27-15)17-7-10-2-1-5-25-10/h1-6H,7-8H2,(H,17,19)(H,18,22). The van der Waals surface area contributed by atoms with Gasteiger partial charge < -0.3 is 15.1 Å². The van der Waals surface area contributed by atoms with E-state index in [1.54, 1.807) is 12.3 Å². The fourth-order valence-electron chi connectivity index (χ4n) is 1.95. The van der Waals surface area contributed by atoms with E-state index in [1.165, 1.54) is 41.3 Å². The van der Waals surface area contributed by atoms with E-state index >= 15 is 0 Å². The Morgan fingerprint density at radius 3 is 2.93 bits per heavy atom. The summed E-state index contributed by atoms with van der Waals surface area (Å²) < 4.78 is 5.84. The predicted molar refractivity (Wildman–Crippen MR) is 103 cm³/mol. The first-order valence-electron chi connectivity index (χ1n) is 7.47. The molecule has 0 aliphatic rings. The van der Waals surface area contributed by atoms with Crippen LogP contribution in [0.4, 0.5) is 16.5 Å². The van der Waals surface area contributed by atoms with Gasteiger partial charge >= 0.3 is 0 Å². The Morgan fingerprint density at radius 1 is 1.37 bits per heavy atom. The van der Waals surface area contributed by atoms with Gasteiger partial charge in [-0.15, -0.1) is 10.2 Å². The number of halogens is 1. The summed E-state index contributed by atoms with van der Waals surface area (Å²) in [5.74, 6) is 0.565. The molecule has 27 heavy (non-hydrogen) atoms. The Kier molecular flexibility index (Phi) is 6.27. The first-order valence-corrected chi connectivity index (χ1v) is 9.65. The van der Waals surface area contributed by atoms with Gasteiger partial charge in [-0.1, -0.05) is 34.7 Å². The smallest absolute Gasteiger partial charge is 0.271 e. The van der Waals surface area contributed by atoms with Crippen molar-refractivity contribution < 1.29 is 14.1 Å². The molecule has 3 aromatic rings. The van der Waals surface area contributed by atoms with Gasteiger partial charge in [-0.05, 0) is 18.2 Å². The highest BCUT2D eigenvalue weighted by Gasteiger charge is 2.13. The predicted octanol–water partition coefficient (Wildman–Crippen LogP) is 4.04. The maximum Gasteiger partial charge on any atom is 0.271 e. The van der Waals surface area contributed by atoms with E-state index in [2.05, 4.69) is 20.8 Å². The van der Waals surface area contributed by atoms with E-state index in [0.717, 1.165) is 5.76 Å². The Bertz CT molecular complexity index is 948. The van der Waals surface area contributed by atoms with Crippen molar-refractivity contribution in [2.45, 2.75) is 10.9 Å². The molecule has 140 valence electrons. The molecule has 2 aromatic heterocycles. The normalized spacial score (nSPS) is 10.6. The molecule has 0 saturated heterocycles. The number of nitro groups is 1. The number of thioether (sulfide) groups is 1. The summed E-state index contributed by atoms with van der Waals surface area (Å²) in [6.07, 6.45) is 1.59.